The molecule has 3 aromatic rings. The van der Waals surface area contributed by atoms with E-state index in [4.69, 9.17) is 9.47 Å². The summed E-state index contributed by atoms with van der Waals surface area (Å²) in [5.74, 6) is -2.52. The van der Waals surface area contributed by atoms with Crippen molar-refractivity contribution in [1.82, 2.24) is 0 Å². The molecule has 0 aliphatic carbocycles. The molecule has 0 aliphatic rings. The van der Waals surface area contributed by atoms with E-state index in [0.717, 1.165) is 24.3 Å². The predicted molar refractivity (Wildman–Crippen MR) is 123 cm³/mol. The fraction of sp³-hybridized carbons (Fsp3) is 0.320. The Labute approximate surface area is 203 Å². The van der Waals surface area contributed by atoms with Crippen LogP contribution in [0.15, 0.2) is 47.8 Å². The van der Waals surface area contributed by atoms with E-state index in [1.54, 1.807) is 18.2 Å². The average Bonchev–Trinajstić information content (AvgIpc) is 3.25. The monoisotopic (exact) mass is 512 g/mol. The zero-order chi connectivity index (χ0) is 25.8. The first-order chi connectivity index (χ1) is 16.5. The van der Waals surface area contributed by atoms with Gasteiger partial charge in [-0.15, -0.1) is 11.3 Å². The molecule has 3 rings (SSSR count). The Kier molecular flexibility index (Phi) is 8.39. The lowest BCUT2D eigenvalue weighted by molar-refractivity contribution is -0.146. The van der Waals surface area contributed by atoms with Crippen LogP contribution in [0.25, 0.3) is 10.4 Å². The molecule has 2 atom stereocenters. The summed E-state index contributed by atoms with van der Waals surface area (Å²) in [7, 11) is 2.60. The largest absolute Gasteiger partial charge is 0.497 e. The number of ether oxygens (including phenoxy) is 3. The quantitative estimate of drug-likeness (QED) is 0.265. The maximum Gasteiger partial charge on any atom is 0.395 e. The molecule has 0 amide bonds. The van der Waals surface area contributed by atoms with E-state index in [0.29, 0.717) is 11.3 Å². The molecule has 1 unspecified atom stereocenters. The molecule has 0 fully saturated rings. The summed E-state index contributed by atoms with van der Waals surface area (Å²) in [5.41, 5.74) is 0.593. The van der Waals surface area contributed by atoms with Crippen LogP contribution in [0.4, 0.5) is 17.6 Å². The van der Waals surface area contributed by atoms with Gasteiger partial charge in [0.05, 0.1) is 32.7 Å². The van der Waals surface area contributed by atoms with Crippen LogP contribution in [0, 0.1) is 5.82 Å². The highest BCUT2D eigenvalue weighted by Crippen LogP contribution is 2.45. The van der Waals surface area contributed by atoms with Gasteiger partial charge in [0.1, 0.15) is 23.9 Å². The van der Waals surface area contributed by atoms with Crippen molar-refractivity contribution in [2.75, 3.05) is 14.2 Å². The number of alkyl halides is 3. The summed E-state index contributed by atoms with van der Waals surface area (Å²) in [6, 6.07) is 10.2. The van der Waals surface area contributed by atoms with Gasteiger partial charge in [-0.3, -0.25) is 4.79 Å². The Morgan fingerprint density at radius 2 is 1.86 bits per heavy atom. The number of halogens is 4. The number of rotatable bonds is 9. The van der Waals surface area contributed by atoms with Crippen LogP contribution in [0.5, 0.6) is 11.5 Å². The zero-order valence-electron chi connectivity index (χ0n) is 19.2. The molecule has 1 N–H and O–H groups in total. The second-order valence-corrected chi connectivity index (χ2v) is 8.65. The van der Waals surface area contributed by atoms with Crippen LogP contribution in [0.3, 0.4) is 0 Å². The first-order valence-electron chi connectivity index (χ1n) is 10.5. The lowest BCUT2D eigenvalue weighted by Crippen LogP contribution is -2.19. The lowest BCUT2D eigenvalue weighted by Gasteiger charge is -2.20. The molecule has 2 aromatic carbocycles. The van der Waals surface area contributed by atoms with E-state index < -0.39 is 30.0 Å². The molecular weight excluding hydrogens is 488 g/mol. The second-order valence-electron chi connectivity index (χ2n) is 7.77. The van der Waals surface area contributed by atoms with Crippen molar-refractivity contribution in [3.8, 4) is 21.9 Å². The number of thiophene rings is 1. The van der Waals surface area contributed by atoms with Gasteiger partial charge in [-0.1, -0.05) is 12.1 Å². The molecule has 1 aromatic heterocycles. The highest BCUT2D eigenvalue weighted by molar-refractivity contribution is 7.14. The summed E-state index contributed by atoms with van der Waals surface area (Å²) < 4.78 is 71.3. The van der Waals surface area contributed by atoms with Gasteiger partial charge < -0.3 is 19.3 Å². The standard InChI is InChI=1S/C25H24F4O5S/c1-14(25(27,28)29)23-16(13-35-24(23)19-10-17(32-2)7-8-20(19)26)12-34-18-6-4-5-15(9-18)21(30)11-22(31)33-3/h4-10,13-14,21,30H,11-12H2,1-3H3/t14?,21-/m1/s1. The fourth-order valence-electron chi connectivity index (χ4n) is 3.50. The molecule has 0 spiro atoms. The minimum Gasteiger partial charge on any atom is -0.497 e. The Morgan fingerprint density at radius 1 is 1.11 bits per heavy atom. The third-order valence-electron chi connectivity index (χ3n) is 5.48. The first kappa shape index (κ1) is 26.5. The number of hydrogen-bond donors (Lipinski definition) is 1. The average molecular weight is 513 g/mol. The second kappa shape index (κ2) is 11.1. The molecule has 0 radical (unpaired) electrons. The third-order valence-corrected chi connectivity index (χ3v) is 6.55. The van der Waals surface area contributed by atoms with Crippen LogP contribution in [-0.4, -0.2) is 31.5 Å². The smallest absolute Gasteiger partial charge is 0.395 e. The summed E-state index contributed by atoms with van der Waals surface area (Å²) in [6.45, 7) is 0.811. The molecule has 0 saturated heterocycles. The van der Waals surface area contributed by atoms with Crippen LogP contribution < -0.4 is 9.47 Å². The van der Waals surface area contributed by atoms with Crippen molar-refractivity contribution >= 4 is 17.3 Å². The Hall–Kier alpha value is -3.11. The molecule has 188 valence electrons. The van der Waals surface area contributed by atoms with Crippen LogP contribution in [0.2, 0.25) is 0 Å². The van der Waals surface area contributed by atoms with Crippen molar-refractivity contribution in [3.05, 3.63) is 70.4 Å². The predicted octanol–water partition coefficient (Wildman–Crippen LogP) is 6.40. The third kappa shape index (κ3) is 6.32. The summed E-state index contributed by atoms with van der Waals surface area (Å²) in [4.78, 5) is 11.6. The minimum atomic E-state index is -4.56. The minimum absolute atomic E-state index is 0.0135. The van der Waals surface area contributed by atoms with Gasteiger partial charge in [-0.05, 0) is 53.8 Å². The van der Waals surface area contributed by atoms with Crippen LogP contribution in [-0.2, 0) is 16.1 Å². The maximum atomic E-state index is 14.6. The van der Waals surface area contributed by atoms with Crippen molar-refractivity contribution in [3.63, 3.8) is 0 Å². The molecular formula is C25H24F4O5S. The molecule has 10 heteroatoms. The van der Waals surface area contributed by atoms with E-state index in [1.165, 1.54) is 37.8 Å². The van der Waals surface area contributed by atoms with E-state index in [1.807, 2.05) is 0 Å². The number of hydrogen-bond acceptors (Lipinski definition) is 6. The Morgan fingerprint density at radius 3 is 2.51 bits per heavy atom. The number of aliphatic hydroxyl groups excluding tert-OH is 1. The van der Waals surface area contributed by atoms with Gasteiger partial charge in [0.2, 0.25) is 0 Å². The van der Waals surface area contributed by atoms with Crippen molar-refractivity contribution in [2.24, 2.45) is 0 Å². The number of esters is 1. The van der Waals surface area contributed by atoms with Gasteiger partial charge in [-0.2, -0.15) is 13.2 Å². The van der Waals surface area contributed by atoms with Gasteiger partial charge in [0.25, 0.3) is 0 Å². The molecule has 1 heterocycles. The highest BCUT2D eigenvalue weighted by Gasteiger charge is 2.40. The summed E-state index contributed by atoms with van der Waals surface area (Å²) in [5, 5.41) is 11.7. The number of methoxy groups -OCH3 is 2. The van der Waals surface area contributed by atoms with Crippen molar-refractivity contribution in [1.29, 1.82) is 0 Å². The molecule has 35 heavy (non-hydrogen) atoms. The molecule has 0 aliphatic heterocycles. The number of carbonyl (C=O) groups excluding carboxylic acids is 1. The number of benzene rings is 2. The fourth-order valence-corrected chi connectivity index (χ4v) is 4.67. The van der Waals surface area contributed by atoms with E-state index in [-0.39, 0.29) is 40.3 Å². The van der Waals surface area contributed by atoms with Crippen molar-refractivity contribution < 1.29 is 41.7 Å². The van der Waals surface area contributed by atoms with Gasteiger partial charge in [0.15, 0.2) is 0 Å². The highest BCUT2D eigenvalue weighted by atomic mass is 32.1. The van der Waals surface area contributed by atoms with Gasteiger partial charge in [0, 0.05) is 16.0 Å². The van der Waals surface area contributed by atoms with Crippen molar-refractivity contribution in [2.45, 2.75) is 38.1 Å². The molecule has 5 nitrogen and oxygen atoms in total. The topological polar surface area (TPSA) is 65.0 Å². The van der Waals surface area contributed by atoms with Crippen LogP contribution >= 0.6 is 11.3 Å². The van der Waals surface area contributed by atoms with Gasteiger partial charge in [-0.25, -0.2) is 4.39 Å². The maximum absolute atomic E-state index is 14.6. The van der Waals surface area contributed by atoms with E-state index >= 15 is 0 Å². The van der Waals surface area contributed by atoms with E-state index in [9.17, 15) is 27.5 Å². The first-order valence-corrected chi connectivity index (χ1v) is 11.4. The molecule has 0 bridgehead atoms. The Bertz CT molecular complexity index is 1170. The van der Waals surface area contributed by atoms with Crippen LogP contribution in [0.1, 0.15) is 42.1 Å². The summed E-state index contributed by atoms with van der Waals surface area (Å²) in [6.07, 6.45) is -5.94. The zero-order valence-corrected chi connectivity index (χ0v) is 20.0. The number of carbonyl (C=O) groups is 1. The lowest BCUT2D eigenvalue weighted by atomic mass is 9.94. The number of aliphatic hydroxyl groups is 1. The summed E-state index contributed by atoms with van der Waals surface area (Å²) >= 11 is 0.993. The molecule has 0 saturated carbocycles. The SMILES string of the molecule is COC(=O)C[C@@H](O)c1cccc(OCc2csc(-c3cc(OC)ccc3F)c2C(C)C(F)(F)F)c1. The Balaban J connectivity index is 1.92. The van der Waals surface area contributed by atoms with Gasteiger partial charge >= 0.3 is 12.1 Å². The normalized spacial score (nSPS) is 13.3. The van der Waals surface area contributed by atoms with E-state index in [2.05, 4.69) is 4.74 Å².